The van der Waals surface area contributed by atoms with E-state index in [2.05, 4.69) is 45.1 Å². The standard InChI is InChI=1S/C15H25NO/c1-11-9-13(10-12(2)14(11)17-6)15(3,4)7-8-16-5/h9-10,16H,7-8H2,1-6H3. The van der Waals surface area contributed by atoms with Crippen LogP contribution in [-0.4, -0.2) is 20.7 Å². The third kappa shape index (κ3) is 3.22. The average molecular weight is 235 g/mol. The Balaban J connectivity index is 3.07. The third-order valence-corrected chi connectivity index (χ3v) is 3.45. The lowest BCUT2D eigenvalue weighted by Gasteiger charge is -2.27. The van der Waals surface area contributed by atoms with E-state index in [1.807, 2.05) is 7.05 Å². The first-order valence-electron chi connectivity index (χ1n) is 6.22. The summed E-state index contributed by atoms with van der Waals surface area (Å²) in [5.74, 6) is 1.01. The van der Waals surface area contributed by atoms with Gasteiger partial charge in [0.2, 0.25) is 0 Å². The summed E-state index contributed by atoms with van der Waals surface area (Å²) in [5, 5.41) is 3.22. The van der Waals surface area contributed by atoms with Gasteiger partial charge in [-0.15, -0.1) is 0 Å². The Morgan fingerprint density at radius 1 is 1.18 bits per heavy atom. The van der Waals surface area contributed by atoms with E-state index >= 15 is 0 Å². The SMILES string of the molecule is CNCCC(C)(C)c1cc(C)c(OC)c(C)c1. The van der Waals surface area contributed by atoms with Crippen molar-refractivity contribution in [2.45, 2.75) is 39.5 Å². The third-order valence-electron chi connectivity index (χ3n) is 3.45. The van der Waals surface area contributed by atoms with Gasteiger partial charge in [0, 0.05) is 0 Å². The van der Waals surface area contributed by atoms with E-state index in [0.717, 1.165) is 18.7 Å². The molecule has 0 aliphatic rings. The van der Waals surface area contributed by atoms with E-state index in [9.17, 15) is 0 Å². The van der Waals surface area contributed by atoms with Gasteiger partial charge in [0.1, 0.15) is 5.75 Å². The highest BCUT2D eigenvalue weighted by Gasteiger charge is 2.21. The molecule has 17 heavy (non-hydrogen) atoms. The summed E-state index contributed by atoms with van der Waals surface area (Å²) in [6, 6.07) is 4.50. The Hall–Kier alpha value is -1.02. The smallest absolute Gasteiger partial charge is 0.124 e. The van der Waals surface area contributed by atoms with Gasteiger partial charge in [-0.2, -0.15) is 0 Å². The lowest BCUT2D eigenvalue weighted by atomic mass is 9.80. The molecule has 1 N–H and O–H groups in total. The van der Waals surface area contributed by atoms with Crippen LogP contribution in [0.3, 0.4) is 0 Å². The fraction of sp³-hybridized carbons (Fsp3) is 0.600. The Labute approximate surface area is 105 Å². The van der Waals surface area contributed by atoms with Crippen LogP contribution in [0.15, 0.2) is 12.1 Å². The zero-order valence-electron chi connectivity index (χ0n) is 12.0. The first-order chi connectivity index (χ1) is 7.92. The van der Waals surface area contributed by atoms with Crippen LogP contribution in [0.25, 0.3) is 0 Å². The van der Waals surface area contributed by atoms with Gasteiger partial charge in [-0.25, -0.2) is 0 Å². The number of aryl methyl sites for hydroxylation is 2. The molecule has 0 bridgehead atoms. The van der Waals surface area contributed by atoms with E-state index in [0.29, 0.717) is 0 Å². The van der Waals surface area contributed by atoms with E-state index in [1.54, 1.807) is 7.11 Å². The highest BCUT2D eigenvalue weighted by Crippen LogP contribution is 2.32. The number of hydrogen-bond acceptors (Lipinski definition) is 2. The number of nitrogens with one attached hydrogen (secondary N) is 1. The van der Waals surface area contributed by atoms with Gasteiger partial charge in [0.05, 0.1) is 7.11 Å². The fourth-order valence-corrected chi connectivity index (χ4v) is 2.24. The van der Waals surface area contributed by atoms with Crippen molar-refractivity contribution in [1.29, 1.82) is 0 Å². The van der Waals surface area contributed by atoms with Crippen LogP contribution >= 0.6 is 0 Å². The molecule has 1 rings (SSSR count). The lowest BCUT2D eigenvalue weighted by Crippen LogP contribution is -2.23. The summed E-state index contributed by atoms with van der Waals surface area (Å²) in [5.41, 5.74) is 4.04. The number of ether oxygens (including phenoxy) is 1. The summed E-state index contributed by atoms with van der Waals surface area (Å²) in [6.07, 6.45) is 1.13. The molecule has 0 unspecified atom stereocenters. The molecule has 0 saturated heterocycles. The molecule has 0 aromatic heterocycles. The van der Waals surface area contributed by atoms with E-state index < -0.39 is 0 Å². The molecule has 2 heteroatoms. The highest BCUT2D eigenvalue weighted by molar-refractivity contribution is 5.45. The maximum atomic E-state index is 5.41. The van der Waals surface area contributed by atoms with Gasteiger partial charge >= 0.3 is 0 Å². The van der Waals surface area contributed by atoms with Crippen LogP contribution in [0.4, 0.5) is 0 Å². The predicted octanol–water partition coefficient (Wildman–Crippen LogP) is 3.20. The summed E-state index contributed by atoms with van der Waals surface area (Å²) in [7, 11) is 3.74. The molecule has 0 saturated carbocycles. The number of hydrogen-bond donors (Lipinski definition) is 1. The van der Waals surface area contributed by atoms with Gasteiger partial charge in [-0.3, -0.25) is 0 Å². The minimum Gasteiger partial charge on any atom is -0.496 e. The van der Waals surface area contributed by atoms with Crippen LogP contribution in [0, 0.1) is 13.8 Å². The largest absolute Gasteiger partial charge is 0.496 e. The van der Waals surface area contributed by atoms with E-state index in [-0.39, 0.29) is 5.41 Å². The summed E-state index contributed by atoms with van der Waals surface area (Å²) in [6.45, 7) is 9.86. The van der Waals surface area contributed by atoms with Crippen molar-refractivity contribution >= 4 is 0 Å². The first kappa shape index (κ1) is 14.0. The number of methoxy groups -OCH3 is 1. The molecule has 2 nitrogen and oxygen atoms in total. The molecule has 96 valence electrons. The normalized spacial score (nSPS) is 11.6. The predicted molar refractivity (Wildman–Crippen MR) is 74.0 cm³/mol. The highest BCUT2D eigenvalue weighted by atomic mass is 16.5. The summed E-state index contributed by atoms with van der Waals surface area (Å²) in [4.78, 5) is 0. The molecule has 0 aliphatic heterocycles. The monoisotopic (exact) mass is 235 g/mol. The van der Waals surface area contributed by atoms with Crippen LogP contribution in [-0.2, 0) is 5.41 Å². The van der Waals surface area contributed by atoms with Crippen LogP contribution < -0.4 is 10.1 Å². The van der Waals surface area contributed by atoms with Gasteiger partial charge in [0.15, 0.2) is 0 Å². The molecule has 0 heterocycles. The van der Waals surface area contributed by atoms with Gasteiger partial charge in [0.25, 0.3) is 0 Å². The molecule has 0 spiro atoms. The second kappa shape index (κ2) is 5.54. The minimum atomic E-state index is 0.199. The molecule has 0 amide bonds. The number of benzene rings is 1. The molecule has 1 aromatic rings. The average Bonchev–Trinajstić information content (AvgIpc) is 2.26. The zero-order chi connectivity index (χ0) is 13.1. The van der Waals surface area contributed by atoms with Crippen molar-refractivity contribution in [2.24, 2.45) is 0 Å². The summed E-state index contributed by atoms with van der Waals surface area (Å²) < 4.78 is 5.41. The second-order valence-corrected chi connectivity index (χ2v) is 5.38. The molecule has 0 radical (unpaired) electrons. The van der Waals surface area contributed by atoms with Gasteiger partial charge < -0.3 is 10.1 Å². The lowest BCUT2D eigenvalue weighted by molar-refractivity contribution is 0.406. The molecule has 1 aromatic carbocycles. The zero-order valence-corrected chi connectivity index (χ0v) is 12.0. The number of rotatable bonds is 5. The van der Waals surface area contributed by atoms with Crippen LogP contribution in [0.5, 0.6) is 5.75 Å². The quantitative estimate of drug-likeness (QED) is 0.846. The van der Waals surface area contributed by atoms with Crippen molar-refractivity contribution < 1.29 is 4.74 Å². The van der Waals surface area contributed by atoms with Crippen molar-refractivity contribution in [3.05, 3.63) is 28.8 Å². The topological polar surface area (TPSA) is 21.3 Å². The minimum absolute atomic E-state index is 0.199. The molecule has 0 aliphatic carbocycles. The summed E-state index contributed by atoms with van der Waals surface area (Å²) >= 11 is 0. The molecular formula is C15H25NO. The van der Waals surface area contributed by atoms with E-state index in [4.69, 9.17) is 4.74 Å². The van der Waals surface area contributed by atoms with Crippen molar-refractivity contribution in [3.8, 4) is 5.75 Å². The van der Waals surface area contributed by atoms with Crippen molar-refractivity contribution in [1.82, 2.24) is 5.32 Å². The fourth-order valence-electron chi connectivity index (χ4n) is 2.24. The van der Waals surface area contributed by atoms with Gasteiger partial charge in [-0.05, 0) is 56.0 Å². The van der Waals surface area contributed by atoms with Gasteiger partial charge in [-0.1, -0.05) is 26.0 Å². The molecular weight excluding hydrogens is 210 g/mol. The maximum Gasteiger partial charge on any atom is 0.124 e. The van der Waals surface area contributed by atoms with Crippen molar-refractivity contribution in [2.75, 3.05) is 20.7 Å². The molecule has 0 atom stereocenters. The molecule has 0 fully saturated rings. The second-order valence-electron chi connectivity index (χ2n) is 5.38. The Kier molecular flexibility index (Phi) is 4.58. The Morgan fingerprint density at radius 3 is 2.12 bits per heavy atom. The first-order valence-corrected chi connectivity index (χ1v) is 6.22. The maximum absolute atomic E-state index is 5.41. The van der Waals surface area contributed by atoms with Crippen LogP contribution in [0.2, 0.25) is 0 Å². The van der Waals surface area contributed by atoms with E-state index in [1.165, 1.54) is 16.7 Å². The van der Waals surface area contributed by atoms with Crippen LogP contribution in [0.1, 0.15) is 37.0 Å². The Bertz CT molecular complexity index is 360. The Morgan fingerprint density at radius 2 is 1.71 bits per heavy atom. The van der Waals surface area contributed by atoms with Crippen molar-refractivity contribution in [3.63, 3.8) is 0 Å².